The lowest BCUT2D eigenvalue weighted by Crippen LogP contribution is -2.25. The lowest BCUT2D eigenvalue weighted by atomic mass is 10.2. The summed E-state index contributed by atoms with van der Waals surface area (Å²) in [5.74, 6) is 0.506. The van der Waals surface area contributed by atoms with Crippen LogP contribution in [0.15, 0.2) is 64.9 Å². The molecule has 1 unspecified atom stereocenters. The molecule has 3 aromatic rings. The molecular formula is C22H26N4O4S2. The fourth-order valence-corrected chi connectivity index (χ4v) is 4.68. The van der Waals surface area contributed by atoms with E-state index in [0.717, 1.165) is 21.3 Å². The number of methoxy groups -OCH3 is 1. The molecule has 1 amide bonds. The lowest BCUT2D eigenvalue weighted by Gasteiger charge is -2.16. The van der Waals surface area contributed by atoms with Crippen molar-refractivity contribution in [2.75, 3.05) is 26.5 Å². The number of thioether (sulfide) groups is 1. The molecule has 32 heavy (non-hydrogen) atoms. The summed E-state index contributed by atoms with van der Waals surface area (Å²) in [5, 5.41) is 3.05. The van der Waals surface area contributed by atoms with E-state index in [9.17, 15) is 13.2 Å². The summed E-state index contributed by atoms with van der Waals surface area (Å²) in [6, 6.07) is 12.2. The number of amides is 1. The van der Waals surface area contributed by atoms with Crippen molar-refractivity contribution in [3.63, 3.8) is 0 Å². The van der Waals surface area contributed by atoms with Gasteiger partial charge in [-0.15, -0.1) is 0 Å². The third-order valence-corrected chi connectivity index (χ3v) is 7.75. The van der Waals surface area contributed by atoms with Crippen molar-refractivity contribution in [2.45, 2.75) is 29.1 Å². The molecule has 0 saturated heterocycles. The molecule has 1 N–H and O–H groups in total. The van der Waals surface area contributed by atoms with Crippen LogP contribution in [-0.4, -0.2) is 54.6 Å². The number of hydrogen-bond acceptors (Lipinski definition) is 6. The zero-order valence-corrected chi connectivity index (χ0v) is 20.2. The van der Waals surface area contributed by atoms with Crippen LogP contribution in [0, 0.1) is 6.92 Å². The molecule has 1 aromatic heterocycles. The van der Waals surface area contributed by atoms with Crippen LogP contribution in [0.3, 0.4) is 0 Å². The van der Waals surface area contributed by atoms with Gasteiger partial charge in [0.2, 0.25) is 15.9 Å². The number of benzene rings is 2. The van der Waals surface area contributed by atoms with E-state index >= 15 is 0 Å². The smallest absolute Gasteiger partial charge is 0.242 e. The van der Waals surface area contributed by atoms with E-state index in [1.165, 1.54) is 38.0 Å². The molecular weight excluding hydrogens is 448 g/mol. The van der Waals surface area contributed by atoms with Gasteiger partial charge in [-0.05, 0) is 55.8 Å². The van der Waals surface area contributed by atoms with Crippen LogP contribution in [-0.2, 0) is 14.8 Å². The highest BCUT2D eigenvalue weighted by Crippen LogP contribution is 2.27. The first kappa shape index (κ1) is 23.8. The summed E-state index contributed by atoms with van der Waals surface area (Å²) in [6.07, 6.45) is 3.51. The number of carbonyl (C=O) groups is 1. The number of nitrogens with zero attached hydrogens (tertiary/aromatic N) is 3. The van der Waals surface area contributed by atoms with Crippen molar-refractivity contribution in [1.29, 1.82) is 0 Å². The number of imidazole rings is 1. The van der Waals surface area contributed by atoms with E-state index < -0.39 is 15.3 Å². The summed E-state index contributed by atoms with van der Waals surface area (Å²) in [6.45, 7) is 3.60. The Kier molecular flexibility index (Phi) is 7.27. The first-order valence-electron chi connectivity index (χ1n) is 9.82. The highest BCUT2D eigenvalue weighted by Gasteiger charge is 2.21. The monoisotopic (exact) mass is 474 g/mol. The summed E-state index contributed by atoms with van der Waals surface area (Å²) in [4.78, 5) is 17.4. The van der Waals surface area contributed by atoms with Gasteiger partial charge in [0, 0.05) is 37.9 Å². The second-order valence-electron chi connectivity index (χ2n) is 7.29. The Labute approximate surface area is 192 Å². The van der Waals surface area contributed by atoms with Crippen LogP contribution in [0.25, 0.3) is 5.69 Å². The topological polar surface area (TPSA) is 93.5 Å². The number of rotatable bonds is 8. The second kappa shape index (κ2) is 9.76. The highest BCUT2D eigenvalue weighted by atomic mass is 32.2. The standard InChI is InChI=1S/C22H26N4O4S2/c1-15-6-11-19(32(28,29)25(3)4)14-20(15)24-21(27)16(2)31-22-23-12-13-26(22)17-7-9-18(30-5)10-8-17/h6-14,16H,1-5H3,(H,24,27). The number of carbonyl (C=O) groups excluding carboxylic acids is 1. The molecule has 0 radical (unpaired) electrons. The molecule has 3 rings (SSSR count). The largest absolute Gasteiger partial charge is 0.497 e. The van der Waals surface area contributed by atoms with Gasteiger partial charge in [0.05, 0.1) is 17.3 Å². The third-order valence-electron chi connectivity index (χ3n) is 4.85. The maximum Gasteiger partial charge on any atom is 0.242 e. The molecule has 0 spiro atoms. The van der Waals surface area contributed by atoms with Crippen LogP contribution in [0.4, 0.5) is 5.69 Å². The molecule has 1 heterocycles. The first-order chi connectivity index (χ1) is 15.1. The van der Waals surface area contributed by atoms with Gasteiger partial charge in [-0.2, -0.15) is 0 Å². The number of anilines is 1. The van der Waals surface area contributed by atoms with Gasteiger partial charge in [0.15, 0.2) is 5.16 Å². The molecule has 0 aliphatic carbocycles. The Hall–Kier alpha value is -2.82. The zero-order valence-electron chi connectivity index (χ0n) is 18.6. The number of hydrogen-bond donors (Lipinski definition) is 1. The minimum Gasteiger partial charge on any atom is -0.497 e. The summed E-state index contributed by atoms with van der Waals surface area (Å²) >= 11 is 1.31. The maximum atomic E-state index is 12.9. The summed E-state index contributed by atoms with van der Waals surface area (Å²) in [7, 11) is 0.951. The van der Waals surface area contributed by atoms with E-state index in [4.69, 9.17) is 4.74 Å². The molecule has 0 saturated carbocycles. The van der Waals surface area contributed by atoms with Crippen molar-refractivity contribution in [3.8, 4) is 11.4 Å². The Morgan fingerprint density at radius 3 is 2.50 bits per heavy atom. The van der Waals surface area contributed by atoms with Crippen molar-refractivity contribution in [2.24, 2.45) is 0 Å². The quantitative estimate of drug-likeness (QED) is 0.502. The molecule has 0 fully saturated rings. The molecule has 0 aliphatic heterocycles. The Balaban J connectivity index is 1.76. The molecule has 170 valence electrons. The lowest BCUT2D eigenvalue weighted by molar-refractivity contribution is -0.115. The van der Waals surface area contributed by atoms with E-state index in [-0.39, 0.29) is 10.8 Å². The van der Waals surface area contributed by atoms with E-state index in [1.54, 1.807) is 26.3 Å². The zero-order chi connectivity index (χ0) is 23.5. The first-order valence-corrected chi connectivity index (χ1v) is 12.1. The van der Waals surface area contributed by atoms with Gasteiger partial charge < -0.3 is 10.1 Å². The fraction of sp³-hybridized carbons (Fsp3) is 0.273. The minimum absolute atomic E-state index is 0.124. The van der Waals surface area contributed by atoms with E-state index in [1.807, 2.05) is 42.0 Å². The van der Waals surface area contributed by atoms with Crippen LogP contribution < -0.4 is 10.1 Å². The molecule has 10 heteroatoms. The predicted octanol–water partition coefficient (Wildman–Crippen LogP) is 3.56. The Morgan fingerprint density at radius 2 is 1.88 bits per heavy atom. The predicted molar refractivity (Wildman–Crippen MR) is 126 cm³/mol. The summed E-state index contributed by atoms with van der Waals surface area (Å²) in [5.41, 5.74) is 2.13. The third kappa shape index (κ3) is 5.14. The normalized spacial score (nSPS) is 12.6. The molecule has 8 nitrogen and oxygen atoms in total. The van der Waals surface area contributed by atoms with Gasteiger partial charge in [0.25, 0.3) is 0 Å². The number of ether oxygens (including phenoxy) is 1. The van der Waals surface area contributed by atoms with Crippen LogP contribution >= 0.6 is 11.8 Å². The van der Waals surface area contributed by atoms with Crippen molar-refractivity contribution in [1.82, 2.24) is 13.9 Å². The number of nitrogens with one attached hydrogen (secondary N) is 1. The Bertz CT molecular complexity index is 1200. The van der Waals surface area contributed by atoms with E-state index in [2.05, 4.69) is 10.3 Å². The highest BCUT2D eigenvalue weighted by molar-refractivity contribution is 8.00. The van der Waals surface area contributed by atoms with Gasteiger partial charge in [0.1, 0.15) is 5.75 Å². The van der Waals surface area contributed by atoms with Crippen LogP contribution in [0.1, 0.15) is 12.5 Å². The summed E-state index contributed by atoms with van der Waals surface area (Å²) < 4.78 is 33.1. The average Bonchev–Trinajstić information content (AvgIpc) is 3.23. The molecule has 0 aliphatic rings. The van der Waals surface area contributed by atoms with Crippen LogP contribution in [0.2, 0.25) is 0 Å². The average molecular weight is 475 g/mol. The molecule has 1 atom stereocenters. The van der Waals surface area contributed by atoms with Crippen molar-refractivity contribution < 1.29 is 17.9 Å². The molecule has 2 aromatic carbocycles. The fourth-order valence-electron chi connectivity index (χ4n) is 2.87. The molecule has 0 bridgehead atoms. The van der Waals surface area contributed by atoms with Crippen LogP contribution in [0.5, 0.6) is 5.75 Å². The van der Waals surface area contributed by atoms with Gasteiger partial charge >= 0.3 is 0 Å². The Morgan fingerprint density at radius 1 is 1.19 bits per heavy atom. The SMILES string of the molecule is COc1ccc(-n2ccnc2SC(C)C(=O)Nc2cc(S(=O)(=O)N(C)C)ccc2C)cc1. The van der Waals surface area contributed by atoms with Gasteiger partial charge in [-0.1, -0.05) is 17.8 Å². The van der Waals surface area contributed by atoms with Crippen molar-refractivity contribution in [3.05, 3.63) is 60.4 Å². The van der Waals surface area contributed by atoms with E-state index in [0.29, 0.717) is 10.8 Å². The minimum atomic E-state index is -3.60. The second-order valence-corrected chi connectivity index (χ2v) is 10.8. The number of aryl methyl sites for hydroxylation is 1. The van der Waals surface area contributed by atoms with Crippen molar-refractivity contribution >= 4 is 33.4 Å². The van der Waals surface area contributed by atoms with Gasteiger partial charge in [-0.25, -0.2) is 17.7 Å². The van der Waals surface area contributed by atoms with Gasteiger partial charge in [-0.3, -0.25) is 9.36 Å². The maximum absolute atomic E-state index is 12.9. The number of aromatic nitrogens is 2. The number of sulfonamides is 1.